The lowest BCUT2D eigenvalue weighted by Gasteiger charge is -2.15. The average molecular weight is 414 g/mol. The number of methoxy groups -OCH3 is 1. The second-order valence-electron chi connectivity index (χ2n) is 9.08. The summed E-state index contributed by atoms with van der Waals surface area (Å²) < 4.78 is 4.76. The molecule has 0 unspecified atom stereocenters. The highest BCUT2D eigenvalue weighted by atomic mass is 32.1. The molecule has 0 fully saturated rings. The van der Waals surface area contributed by atoms with E-state index in [0.717, 1.165) is 24.2 Å². The number of carbonyl (C=O) groups excluding carboxylic acids is 1. The van der Waals surface area contributed by atoms with Crippen molar-refractivity contribution in [1.29, 1.82) is 0 Å². The largest absolute Gasteiger partial charge is 0.468 e. The Kier molecular flexibility index (Phi) is 17.1. The first-order valence-electron chi connectivity index (χ1n) is 11.4. The van der Waals surface area contributed by atoms with Crippen molar-refractivity contribution < 1.29 is 9.53 Å². The number of hydrogen-bond donors (Lipinski definition) is 2. The number of hydrogen-bond acceptors (Lipinski definition) is 4. The van der Waals surface area contributed by atoms with Crippen LogP contribution in [0, 0.1) is 17.8 Å². The SMILES string of the molecule is COC(=O)[C@H](CS)NC/C=C(\C)CCC[C@H](C)CCC[C@H](C)CCCC(C)C. The average Bonchev–Trinajstić information content (AvgIpc) is 2.64. The van der Waals surface area contributed by atoms with Crippen molar-refractivity contribution in [3.05, 3.63) is 11.6 Å². The summed E-state index contributed by atoms with van der Waals surface area (Å²) in [5.74, 6) is 2.76. The van der Waals surface area contributed by atoms with Gasteiger partial charge in [-0.2, -0.15) is 12.6 Å². The van der Waals surface area contributed by atoms with Crippen LogP contribution in [0.5, 0.6) is 0 Å². The Labute approximate surface area is 180 Å². The molecule has 0 aromatic rings. The third-order valence-corrected chi connectivity index (χ3v) is 5.99. The highest BCUT2D eigenvalue weighted by molar-refractivity contribution is 7.80. The predicted octanol–water partition coefficient (Wildman–Crippen LogP) is 6.43. The van der Waals surface area contributed by atoms with Gasteiger partial charge in [-0.3, -0.25) is 4.79 Å². The van der Waals surface area contributed by atoms with Crippen LogP contribution in [0.4, 0.5) is 0 Å². The van der Waals surface area contributed by atoms with Crippen LogP contribution in [-0.2, 0) is 9.53 Å². The van der Waals surface area contributed by atoms with Gasteiger partial charge in [0, 0.05) is 12.3 Å². The van der Waals surface area contributed by atoms with Gasteiger partial charge in [-0.25, -0.2) is 0 Å². The highest BCUT2D eigenvalue weighted by Crippen LogP contribution is 2.22. The van der Waals surface area contributed by atoms with Gasteiger partial charge in [0.05, 0.1) is 7.11 Å². The maximum absolute atomic E-state index is 11.5. The van der Waals surface area contributed by atoms with Gasteiger partial charge in [-0.05, 0) is 37.5 Å². The van der Waals surface area contributed by atoms with E-state index < -0.39 is 0 Å². The molecule has 0 aromatic heterocycles. The number of allylic oxidation sites excluding steroid dienone is 1. The van der Waals surface area contributed by atoms with Crippen molar-refractivity contribution in [1.82, 2.24) is 5.32 Å². The first-order valence-corrected chi connectivity index (χ1v) is 12.0. The summed E-state index contributed by atoms with van der Waals surface area (Å²) in [5, 5.41) is 3.18. The lowest BCUT2D eigenvalue weighted by Crippen LogP contribution is -2.39. The number of ether oxygens (including phenoxy) is 1. The molecule has 0 aromatic carbocycles. The normalized spacial score (nSPS) is 15.5. The molecule has 0 rings (SSSR count). The van der Waals surface area contributed by atoms with Crippen LogP contribution in [0.2, 0.25) is 0 Å². The number of carbonyl (C=O) groups is 1. The number of thiol groups is 1. The van der Waals surface area contributed by atoms with E-state index in [2.05, 4.69) is 58.6 Å². The zero-order valence-electron chi connectivity index (χ0n) is 19.4. The molecule has 3 nitrogen and oxygen atoms in total. The molecule has 4 heteroatoms. The molecule has 0 heterocycles. The summed E-state index contributed by atoms with van der Waals surface area (Å²) >= 11 is 4.19. The van der Waals surface area contributed by atoms with E-state index in [1.165, 1.54) is 64.0 Å². The van der Waals surface area contributed by atoms with Crippen LogP contribution >= 0.6 is 12.6 Å². The smallest absolute Gasteiger partial charge is 0.323 e. The van der Waals surface area contributed by atoms with Crippen molar-refractivity contribution in [3.63, 3.8) is 0 Å². The lowest BCUT2D eigenvalue weighted by molar-refractivity contribution is -0.142. The van der Waals surface area contributed by atoms with Gasteiger partial charge >= 0.3 is 5.97 Å². The zero-order valence-corrected chi connectivity index (χ0v) is 20.3. The second kappa shape index (κ2) is 17.4. The van der Waals surface area contributed by atoms with Gasteiger partial charge < -0.3 is 10.1 Å². The van der Waals surface area contributed by atoms with Gasteiger partial charge in [0.1, 0.15) is 6.04 Å². The van der Waals surface area contributed by atoms with Crippen LogP contribution in [-0.4, -0.2) is 31.4 Å². The Bertz CT molecular complexity index is 423. The van der Waals surface area contributed by atoms with Crippen LogP contribution in [0.1, 0.15) is 92.4 Å². The quantitative estimate of drug-likeness (QED) is 0.164. The second-order valence-corrected chi connectivity index (χ2v) is 9.44. The third kappa shape index (κ3) is 15.4. The maximum Gasteiger partial charge on any atom is 0.323 e. The van der Waals surface area contributed by atoms with Crippen LogP contribution in [0.15, 0.2) is 11.6 Å². The summed E-state index contributed by atoms with van der Waals surface area (Å²) in [4.78, 5) is 11.5. The fraction of sp³-hybridized carbons (Fsp3) is 0.875. The Morgan fingerprint density at radius 2 is 1.50 bits per heavy atom. The number of nitrogens with one attached hydrogen (secondary N) is 1. The van der Waals surface area contributed by atoms with E-state index >= 15 is 0 Å². The lowest BCUT2D eigenvalue weighted by atomic mass is 9.91. The van der Waals surface area contributed by atoms with Gasteiger partial charge in [-0.15, -0.1) is 0 Å². The molecule has 1 N–H and O–H groups in total. The summed E-state index contributed by atoms with van der Waals surface area (Å²) in [7, 11) is 1.41. The third-order valence-electron chi connectivity index (χ3n) is 5.62. The van der Waals surface area contributed by atoms with Crippen molar-refractivity contribution in [2.45, 2.75) is 98.4 Å². The first-order chi connectivity index (χ1) is 13.3. The molecular formula is C24H47NO2S. The highest BCUT2D eigenvalue weighted by Gasteiger charge is 2.15. The molecular weight excluding hydrogens is 366 g/mol. The Morgan fingerprint density at radius 3 is 2.00 bits per heavy atom. The number of rotatable bonds is 17. The molecule has 28 heavy (non-hydrogen) atoms. The van der Waals surface area contributed by atoms with Crippen molar-refractivity contribution in [3.8, 4) is 0 Å². The standard InChI is InChI=1S/C24H47NO2S/c1-19(2)10-7-11-20(3)12-8-13-21(4)14-9-15-22(5)16-17-25-23(18-28)24(26)27-6/h16,19-21,23,25,28H,7-15,17-18H2,1-6H3/b22-16+/t20-,21-,23+/m1/s1. The molecule has 166 valence electrons. The molecule has 0 aliphatic carbocycles. The number of esters is 1. The van der Waals surface area contributed by atoms with Gasteiger partial charge in [0.2, 0.25) is 0 Å². The molecule has 0 saturated heterocycles. The molecule has 0 radical (unpaired) electrons. The monoisotopic (exact) mass is 413 g/mol. The summed E-state index contributed by atoms with van der Waals surface area (Å²) in [5.41, 5.74) is 1.39. The van der Waals surface area contributed by atoms with Crippen molar-refractivity contribution >= 4 is 18.6 Å². The molecule has 0 aliphatic rings. The van der Waals surface area contributed by atoms with E-state index in [0.29, 0.717) is 12.3 Å². The minimum atomic E-state index is -0.329. The van der Waals surface area contributed by atoms with Crippen molar-refractivity contribution in [2.75, 3.05) is 19.4 Å². The Hall–Kier alpha value is -0.480. The summed E-state index contributed by atoms with van der Waals surface area (Å²) in [6.45, 7) is 12.3. The van der Waals surface area contributed by atoms with Crippen molar-refractivity contribution in [2.24, 2.45) is 17.8 Å². The van der Waals surface area contributed by atoms with Gasteiger partial charge in [-0.1, -0.05) is 84.3 Å². The van der Waals surface area contributed by atoms with Crippen LogP contribution < -0.4 is 5.32 Å². The topological polar surface area (TPSA) is 38.3 Å². The van der Waals surface area contributed by atoms with E-state index in [1.54, 1.807) is 0 Å². The van der Waals surface area contributed by atoms with E-state index in [-0.39, 0.29) is 12.0 Å². The molecule has 0 saturated carbocycles. The van der Waals surface area contributed by atoms with Crippen LogP contribution in [0.25, 0.3) is 0 Å². The minimum Gasteiger partial charge on any atom is -0.468 e. The van der Waals surface area contributed by atoms with E-state index in [4.69, 9.17) is 4.74 Å². The fourth-order valence-electron chi connectivity index (χ4n) is 3.55. The molecule has 0 spiro atoms. The molecule has 3 atom stereocenters. The molecule has 0 amide bonds. The van der Waals surface area contributed by atoms with E-state index in [9.17, 15) is 4.79 Å². The van der Waals surface area contributed by atoms with Gasteiger partial charge in [0.25, 0.3) is 0 Å². The molecule has 0 bridgehead atoms. The van der Waals surface area contributed by atoms with Gasteiger partial charge in [0.15, 0.2) is 0 Å². The minimum absolute atomic E-state index is 0.246. The predicted molar refractivity (Wildman–Crippen MR) is 126 cm³/mol. The Morgan fingerprint density at radius 1 is 0.964 bits per heavy atom. The summed E-state index contributed by atoms with van der Waals surface area (Å²) in [6.07, 6.45) is 14.2. The first kappa shape index (κ1) is 27.5. The maximum atomic E-state index is 11.5. The Balaban J connectivity index is 3.81. The summed E-state index contributed by atoms with van der Waals surface area (Å²) in [6, 6.07) is -0.329. The van der Waals surface area contributed by atoms with E-state index in [1.807, 2.05) is 0 Å². The molecule has 0 aliphatic heterocycles. The zero-order chi connectivity index (χ0) is 21.4. The van der Waals surface area contributed by atoms with Crippen LogP contribution in [0.3, 0.4) is 0 Å². The fourth-order valence-corrected chi connectivity index (χ4v) is 3.83.